The predicted octanol–water partition coefficient (Wildman–Crippen LogP) is 4.45. The molecule has 3 aromatic heterocycles. The van der Waals surface area contributed by atoms with Crippen LogP contribution >= 0.6 is 0 Å². The number of pyridine rings is 1. The number of benzene rings is 1. The molecule has 10 heteroatoms. The molecule has 0 saturated heterocycles. The average molecular weight is 442 g/mol. The summed E-state index contributed by atoms with van der Waals surface area (Å²) in [7, 11) is 1.74. The Balaban J connectivity index is 1.80. The molecule has 0 aliphatic heterocycles. The molecule has 0 aliphatic carbocycles. The highest BCUT2D eigenvalue weighted by Crippen LogP contribution is 2.33. The second-order valence-electron chi connectivity index (χ2n) is 7.76. The van der Waals surface area contributed by atoms with Crippen LogP contribution in [0, 0.1) is 12.7 Å². The minimum absolute atomic E-state index is 0.0744. The van der Waals surface area contributed by atoms with Gasteiger partial charge in [-0.1, -0.05) is 18.2 Å². The second kappa shape index (κ2) is 7.77. The number of alkyl halides is 2. The second-order valence-corrected chi connectivity index (χ2v) is 7.76. The van der Waals surface area contributed by atoms with Crippen molar-refractivity contribution in [2.45, 2.75) is 32.7 Å². The van der Waals surface area contributed by atoms with E-state index in [0.717, 1.165) is 6.07 Å². The molecule has 4 aromatic rings. The summed E-state index contributed by atoms with van der Waals surface area (Å²) in [4.78, 5) is 24.0. The number of nitrogens with one attached hydrogen (secondary N) is 2. The van der Waals surface area contributed by atoms with Gasteiger partial charge in [0.2, 0.25) is 0 Å². The van der Waals surface area contributed by atoms with Crippen LogP contribution in [0.5, 0.6) is 0 Å². The van der Waals surface area contributed by atoms with Gasteiger partial charge in [0.1, 0.15) is 23.1 Å². The number of rotatable bonds is 5. The third-order valence-electron chi connectivity index (χ3n) is 5.16. The van der Waals surface area contributed by atoms with Crippen molar-refractivity contribution in [1.29, 1.82) is 0 Å². The minimum Gasteiger partial charge on any atom is -0.363 e. The first-order chi connectivity index (χ1) is 15.0. The highest BCUT2D eigenvalue weighted by Gasteiger charge is 2.30. The van der Waals surface area contributed by atoms with Crippen LogP contribution in [0.2, 0.25) is 0 Å². The Morgan fingerprint density at radius 2 is 2.00 bits per heavy atom. The molecule has 1 atom stereocenters. The van der Waals surface area contributed by atoms with Crippen LogP contribution in [0.1, 0.15) is 36.8 Å². The Kier molecular flexibility index (Phi) is 5.23. The van der Waals surface area contributed by atoms with E-state index in [-0.39, 0.29) is 11.1 Å². The summed E-state index contributed by atoms with van der Waals surface area (Å²) in [5, 5.41) is 7.67. The van der Waals surface area contributed by atoms with Gasteiger partial charge in [0, 0.05) is 31.3 Å². The molecule has 0 aliphatic rings. The number of halogens is 3. The van der Waals surface area contributed by atoms with Crippen LogP contribution in [-0.4, -0.2) is 24.7 Å². The summed E-state index contributed by atoms with van der Waals surface area (Å²) in [5.74, 6) is -3.56. The molecule has 0 bridgehead atoms. The summed E-state index contributed by atoms with van der Waals surface area (Å²) in [5.41, 5.74) is 0.346. The number of nitrogens with zero attached hydrogens (tertiary/aromatic N) is 4. The SMILES string of the molecule is Cc1nc(N[C@H](C)c2cccc(C(C)(F)F)c2F)c2cc(-c3cnn(C)c3)c(=O)[nH]c2n1. The summed E-state index contributed by atoms with van der Waals surface area (Å²) in [6.07, 6.45) is 3.26. The maximum absolute atomic E-state index is 14.8. The maximum Gasteiger partial charge on any atom is 0.273 e. The number of hydrogen-bond acceptors (Lipinski definition) is 5. The van der Waals surface area contributed by atoms with Crippen molar-refractivity contribution in [3.63, 3.8) is 0 Å². The Labute approximate surface area is 181 Å². The number of H-pyrrole nitrogens is 1. The van der Waals surface area contributed by atoms with Gasteiger partial charge in [-0.05, 0) is 19.9 Å². The molecule has 0 saturated carbocycles. The van der Waals surface area contributed by atoms with Crippen molar-refractivity contribution in [2.75, 3.05) is 5.32 Å². The molecule has 1 aromatic carbocycles. The maximum atomic E-state index is 14.8. The van der Waals surface area contributed by atoms with Crippen LogP contribution in [0.25, 0.3) is 22.2 Å². The van der Waals surface area contributed by atoms with Gasteiger partial charge in [-0.15, -0.1) is 0 Å². The minimum atomic E-state index is -3.31. The van der Waals surface area contributed by atoms with E-state index in [1.54, 1.807) is 44.0 Å². The highest BCUT2D eigenvalue weighted by atomic mass is 19.3. The van der Waals surface area contributed by atoms with Crippen LogP contribution in [0.15, 0.2) is 41.5 Å². The molecule has 3 heterocycles. The van der Waals surface area contributed by atoms with Gasteiger partial charge >= 0.3 is 0 Å². The molecule has 0 radical (unpaired) electrons. The largest absolute Gasteiger partial charge is 0.363 e. The molecule has 4 rings (SSSR count). The van der Waals surface area contributed by atoms with E-state index in [1.807, 2.05) is 0 Å². The molecule has 0 spiro atoms. The van der Waals surface area contributed by atoms with Gasteiger partial charge < -0.3 is 10.3 Å². The zero-order valence-corrected chi connectivity index (χ0v) is 17.9. The Morgan fingerprint density at radius 1 is 1.25 bits per heavy atom. The number of hydrogen-bond donors (Lipinski definition) is 2. The predicted molar refractivity (Wildman–Crippen MR) is 115 cm³/mol. The van der Waals surface area contributed by atoms with Crippen molar-refractivity contribution in [3.05, 3.63) is 69.8 Å². The molecular formula is C22H21F3N6O. The smallest absolute Gasteiger partial charge is 0.273 e. The first-order valence-electron chi connectivity index (χ1n) is 9.88. The van der Waals surface area contributed by atoms with Crippen LogP contribution in [0.3, 0.4) is 0 Å². The van der Waals surface area contributed by atoms with E-state index in [1.165, 1.54) is 12.1 Å². The monoisotopic (exact) mass is 442 g/mol. The van der Waals surface area contributed by atoms with Gasteiger partial charge in [0.15, 0.2) is 0 Å². The number of anilines is 1. The number of aromatic nitrogens is 5. The van der Waals surface area contributed by atoms with E-state index >= 15 is 0 Å². The highest BCUT2D eigenvalue weighted by molar-refractivity contribution is 5.90. The average Bonchev–Trinajstić information content (AvgIpc) is 3.12. The van der Waals surface area contributed by atoms with Crippen molar-refractivity contribution < 1.29 is 13.2 Å². The molecule has 7 nitrogen and oxygen atoms in total. The standard InChI is InChI=1S/C22H21F3N6O/c1-11(14-6-5-7-17(18(14)23)22(3,24)25)27-19-16-8-15(13-9-26-31(4)10-13)21(32)30-20(16)29-12(2)28-19/h5-11H,1-4H3,(H2,27,28,29,30,32)/t11-/m1/s1. The fourth-order valence-corrected chi connectivity index (χ4v) is 3.59. The Hall–Kier alpha value is -3.69. The topological polar surface area (TPSA) is 88.5 Å². The number of aromatic amines is 1. The van der Waals surface area contributed by atoms with Gasteiger partial charge in [0.05, 0.1) is 28.8 Å². The summed E-state index contributed by atoms with van der Waals surface area (Å²) in [6, 6.07) is 4.85. The van der Waals surface area contributed by atoms with Gasteiger partial charge in [-0.2, -0.15) is 5.10 Å². The van der Waals surface area contributed by atoms with E-state index in [0.29, 0.717) is 40.7 Å². The molecule has 2 N–H and O–H groups in total. The third kappa shape index (κ3) is 3.95. The molecule has 32 heavy (non-hydrogen) atoms. The lowest BCUT2D eigenvalue weighted by molar-refractivity contribution is 0.0136. The zero-order chi connectivity index (χ0) is 23.2. The molecule has 0 fully saturated rings. The van der Waals surface area contributed by atoms with Crippen molar-refractivity contribution in [3.8, 4) is 11.1 Å². The number of fused-ring (bicyclic) bond motifs is 1. The number of aryl methyl sites for hydroxylation is 2. The van der Waals surface area contributed by atoms with Crippen LogP contribution < -0.4 is 10.9 Å². The first-order valence-corrected chi connectivity index (χ1v) is 9.88. The van der Waals surface area contributed by atoms with Crippen molar-refractivity contribution in [1.82, 2.24) is 24.7 Å². The molecule has 0 unspecified atom stereocenters. The van der Waals surface area contributed by atoms with Crippen LogP contribution in [0.4, 0.5) is 19.0 Å². The van der Waals surface area contributed by atoms with Crippen molar-refractivity contribution in [2.24, 2.45) is 7.05 Å². The summed E-state index contributed by atoms with van der Waals surface area (Å²) in [6.45, 7) is 3.96. The molecule has 166 valence electrons. The lowest BCUT2D eigenvalue weighted by atomic mass is 10.0. The molecule has 0 amide bonds. The normalized spacial score (nSPS) is 12.8. The third-order valence-corrected chi connectivity index (χ3v) is 5.16. The van der Waals surface area contributed by atoms with Crippen molar-refractivity contribution >= 4 is 16.9 Å². The lowest BCUT2D eigenvalue weighted by Crippen LogP contribution is -2.17. The van der Waals surface area contributed by atoms with E-state index in [9.17, 15) is 18.0 Å². The van der Waals surface area contributed by atoms with E-state index < -0.39 is 23.3 Å². The summed E-state index contributed by atoms with van der Waals surface area (Å²) < 4.78 is 44.0. The summed E-state index contributed by atoms with van der Waals surface area (Å²) >= 11 is 0. The van der Waals surface area contributed by atoms with Gasteiger partial charge in [-0.25, -0.2) is 23.1 Å². The quantitative estimate of drug-likeness (QED) is 0.477. The van der Waals surface area contributed by atoms with Crippen LogP contribution in [-0.2, 0) is 13.0 Å². The Bertz CT molecular complexity index is 1370. The van der Waals surface area contributed by atoms with Gasteiger partial charge in [0.25, 0.3) is 11.5 Å². The van der Waals surface area contributed by atoms with E-state index in [2.05, 4.69) is 25.4 Å². The lowest BCUT2D eigenvalue weighted by Gasteiger charge is -2.20. The van der Waals surface area contributed by atoms with Gasteiger partial charge in [-0.3, -0.25) is 9.48 Å². The van der Waals surface area contributed by atoms with E-state index in [4.69, 9.17) is 0 Å². The first kappa shape index (κ1) is 21.5. The Morgan fingerprint density at radius 3 is 2.66 bits per heavy atom. The molecular weight excluding hydrogens is 421 g/mol. The zero-order valence-electron chi connectivity index (χ0n) is 17.9. The fraction of sp³-hybridized carbons (Fsp3) is 0.273. The fourth-order valence-electron chi connectivity index (χ4n) is 3.59.